The van der Waals surface area contributed by atoms with E-state index in [0.717, 1.165) is 4.47 Å². The minimum Gasteiger partial charge on any atom is -0.375 e. The zero-order chi connectivity index (χ0) is 15.0. The van der Waals surface area contributed by atoms with E-state index in [4.69, 9.17) is 0 Å². The van der Waals surface area contributed by atoms with Crippen LogP contribution in [0.1, 0.15) is 22.3 Å². The summed E-state index contributed by atoms with van der Waals surface area (Å²) < 4.78 is 0.792. The highest BCUT2D eigenvalue weighted by Gasteiger charge is 2.46. The summed E-state index contributed by atoms with van der Waals surface area (Å²) in [5.74, 6) is -0.844. The summed E-state index contributed by atoms with van der Waals surface area (Å²) in [5, 5.41) is 13.3. The van der Waals surface area contributed by atoms with Crippen LogP contribution in [0.3, 0.4) is 0 Å². The van der Waals surface area contributed by atoms with Crippen molar-refractivity contribution >= 4 is 33.3 Å². The van der Waals surface area contributed by atoms with Gasteiger partial charge >= 0.3 is 0 Å². The Hall–Kier alpha value is -1.98. The van der Waals surface area contributed by atoms with Gasteiger partial charge in [0, 0.05) is 21.3 Å². The first-order valence-electron chi connectivity index (χ1n) is 6.43. The predicted molar refractivity (Wildman–Crippen MR) is 82.1 cm³/mol. The van der Waals surface area contributed by atoms with Crippen molar-refractivity contribution in [1.82, 2.24) is 0 Å². The van der Waals surface area contributed by atoms with Crippen molar-refractivity contribution in [2.45, 2.75) is 12.0 Å². The second-order valence-corrected chi connectivity index (χ2v) is 5.89. The molecule has 0 saturated heterocycles. The lowest BCUT2D eigenvalue weighted by Crippen LogP contribution is -2.36. The molecule has 0 spiro atoms. The van der Waals surface area contributed by atoms with E-state index in [1.807, 2.05) is 0 Å². The maximum absolute atomic E-state index is 12.3. The number of ketones is 1. The fraction of sp³-hybridized carbons (Fsp3) is 0.125. The molecule has 1 amide bonds. The normalized spacial score (nSPS) is 20.0. The molecule has 21 heavy (non-hydrogen) atoms. The van der Waals surface area contributed by atoms with Gasteiger partial charge in [0.15, 0.2) is 11.4 Å². The zero-order valence-electron chi connectivity index (χ0n) is 11.0. The van der Waals surface area contributed by atoms with Crippen LogP contribution in [0.5, 0.6) is 0 Å². The molecule has 106 valence electrons. The van der Waals surface area contributed by atoms with Crippen molar-refractivity contribution < 1.29 is 14.7 Å². The van der Waals surface area contributed by atoms with E-state index in [2.05, 4.69) is 21.2 Å². The number of benzene rings is 2. The molecule has 0 aromatic heterocycles. The number of carbonyl (C=O) groups excluding carboxylic acids is 2. The number of fused-ring (bicyclic) bond motifs is 1. The van der Waals surface area contributed by atoms with Crippen LogP contribution in [0.15, 0.2) is 53.0 Å². The molecule has 2 N–H and O–H groups in total. The molecule has 1 aliphatic rings. The Morgan fingerprint density at radius 2 is 1.90 bits per heavy atom. The molecule has 0 saturated carbocycles. The number of aliphatic hydroxyl groups is 1. The highest BCUT2D eigenvalue weighted by atomic mass is 79.9. The second-order valence-electron chi connectivity index (χ2n) is 4.97. The molecule has 0 radical (unpaired) electrons. The molecule has 2 aromatic rings. The highest BCUT2D eigenvalue weighted by molar-refractivity contribution is 9.10. The number of Topliss-reactive ketones (excluding diaryl/α,β-unsaturated/α-hetero) is 1. The standard InChI is InChI=1S/C16H12BrNO3/c17-11-6-7-12-13(8-11)18-15(20)16(12,21)9-14(19)10-4-2-1-3-5-10/h1-8,21H,9H2,(H,18,20). The SMILES string of the molecule is O=C(CC1(O)C(=O)Nc2cc(Br)ccc21)c1ccccc1. The summed E-state index contributed by atoms with van der Waals surface area (Å²) in [5.41, 5.74) is -0.384. The van der Waals surface area contributed by atoms with Crippen molar-refractivity contribution in [3.63, 3.8) is 0 Å². The van der Waals surface area contributed by atoms with E-state index >= 15 is 0 Å². The Balaban J connectivity index is 1.95. The third-order valence-electron chi connectivity index (χ3n) is 3.56. The van der Waals surface area contributed by atoms with Gasteiger partial charge in [-0.05, 0) is 12.1 Å². The van der Waals surface area contributed by atoms with Crippen molar-refractivity contribution in [1.29, 1.82) is 0 Å². The van der Waals surface area contributed by atoms with Crippen molar-refractivity contribution in [2.75, 3.05) is 5.32 Å². The van der Waals surface area contributed by atoms with Crippen molar-refractivity contribution in [3.05, 3.63) is 64.1 Å². The van der Waals surface area contributed by atoms with Crippen LogP contribution in [-0.4, -0.2) is 16.8 Å². The van der Waals surface area contributed by atoms with Gasteiger partial charge in [-0.2, -0.15) is 0 Å². The second kappa shape index (κ2) is 5.09. The molecule has 1 heterocycles. The first kappa shape index (κ1) is 14.0. The number of anilines is 1. The van der Waals surface area contributed by atoms with Gasteiger partial charge in [-0.25, -0.2) is 0 Å². The van der Waals surface area contributed by atoms with Crippen LogP contribution in [0, 0.1) is 0 Å². The summed E-state index contributed by atoms with van der Waals surface area (Å²) >= 11 is 3.31. The summed E-state index contributed by atoms with van der Waals surface area (Å²) in [6.45, 7) is 0. The minimum absolute atomic E-state index is 0.274. The summed E-state index contributed by atoms with van der Waals surface area (Å²) in [4.78, 5) is 24.4. The molecule has 3 rings (SSSR count). The molecule has 5 heteroatoms. The van der Waals surface area contributed by atoms with E-state index in [1.54, 1.807) is 48.5 Å². The van der Waals surface area contributed by atoms with E-state index in [1.165, 1.54) is 0 Å². The summed E-state index contributed by atoms with van der Waals surface area (Å²) in [7, 11) is 0. The highest BCUT2D eigenvalue weighted by Crippen LogP contribution is 2.40. The van der Waals surface area contributed by atoms with Gasteiger partial charge in [-0.3, -0.25) is 9.59 Å². The molecule has 1 unspecified atom stereocenters. The fourth-order valence-corrected chi connectivity index (χ4v) is 2.82. The monoisotopic (exact) mass is 345 g/mol. The topological polar surface area (TPSA) is 66.4 Å². The quantitative estimate of drug-likeness (QED) is 0.840. The predicted octanol–water partition coefficient (Wildman–Crippen LogP) is 2.86. The largest absolute Gasteiger partial charge is 0.375 e. The van der Waals surface area contributed by atoms with Crippen molar-refractivity contribution in [3.8, 4) is 0 Å². The van der Waals surface area contributed by atoms with E-state index in [-0.39, 0.29) is 12.2 Å². The lowest BCUT2D eigenvalue weighted by atomic mass is 9.88. The molecule has 1 atom stereocenters. The molecule has 0 fully saturated rings. The number of nitrogens with one attached hydrogen (secondary N) is 1. The van der Waals surface area contributed by atoms with Crippen LogP contribution in [0.4, 0.5) is 5.69 Å². The number of rotatable bonds is 3. The van der Waals surface area contributed by atoms with Gasteiger partial charge in [-0.15, -0.1) is 0 Å². The summed E-state index contributed by atoms with van der Waals surface area (Å²) in [6, 6.07) is 13.7. The number of hydrogen-bond donors (Lipinski definition) is 2. The fourth-order valence-electron chi connectivity index (χ4n) is 2.46. The van der Waals surface area contributed by atoms with Gasteiger partial charge in [0.2, 0.25) is 0 Å². The lowest BCUT2D eigenvalue weighted by molar-refractivity contribution is -0.133. The van der Waals surface area contributed by atoms with Crippen LogP contribution < -0.4 is 5.32 Å². The average Bonchev–Trinajstić information content (AvgIpc) is 2.70. The first-order chi connectivity index (χ1) is 10.0. The summed E-state index contributed by atoms with van der Waals surface area (Å²) in [6.07, 6.45) is -0.280. The number of amides is 1. The smallest absolute Gasteiger partial charge is 0.261 e. The van der Waals surface area contributed by atoms with Gasteiger partial charge in [-0.1, -0.05) is 52.3 Å². The van der Waals surface area contributed by atoms with Crippen LogP contribution >= 0.6 is 15.9 Å². The van der Waals surface area contributed by atoms with E-state index in [0.29, 0.717) is 16.8 Å². The molecule has 0 aliphatic carbocycles. The average molecular weight is 346 g/mol. The molecule has 4 nitrogen and oxygen atoms in total. The number of carbonyl (C=O) groups is 2. The minimum atomic E-state index is -1.82. The van der Waals surface area contributed by atoms with E-state index < -0.39 is 11.5 Å². The zero-order valence-corrected chi connectivity index (χ0v) is 12.6. The molecule has 0 bridgehead atoms. The van der Waals surface area contributed by atoms with Crippen LogP contribution in [0.2, 0.25) is 0 Å². The number of hydrogen-bond acceptors (Lipinski definition) is 3. The first-order valence-corrected chi connectivity index (χ1v) is 7.22. The molecular formula is C16H12BrNO3. The van der Waals surface area contributed by atoms with E-state index in [9.17, 15) is 14.7 Å². The van der Waals surface area contributed by atoms with Crippen LogP contribution in [-0.2, 0) is 10.4 Å². The Labute approximate surface area is 129 Å². The third kappa shape index (κ3) is 2.39. The lowest BCUT2D eigenvalue weighted by Gasteiger charge is -2.20. The molecule has 2 aromatic carbocycles. The Bertz CT molecular complexity index is 730. The van der Waals surface area contributed by atoms with Gasteiger partial charge in [0.1, 0.15) is 0 Å². The molecule has 1 aliphatic heterocycles. The number of halogens is 1. The van der Waals surface area contributed by atoms with Crippen molar-refractivity contribution in [2.24, 2.45) is 0 Å². The van der Waals surface area contributed by atoms with Gasteiger partial charge in [0.05, 0.1) is 6.42 Å². The molecular weight excluding hydrogens is 334 g/mol. The third-order valence-corrected chi connectivity index (χ3v) is 4.06. The Morgan fingerprint density at radius 3 is 2.62 bits per heavy atom. The Morgan fingerprint density at radius 1 is 1.19 bits per heavy atom. The van der Waals surface area contributed by atoms with Gasteiger partial charge in [0.25, 0.3) is 5.91 Å². The Kier molecular flexibility index (Phi) is 3.39. The maximum Gasteiger partial charge on any atom is 0.261 e. The van der Waals surface area contributed by atoms with Gasteiger partial charge < -0.3 is 10.4 Å². The van der Waals surface area contributed by atoms with Crippen LogP contribution in [0.25, 0.3) is 0 Å². The maximum atomic E-state index is 12.3.